The molecule has 1 heterocycles. The average molecular weight is 416 g/mol. The molecular formula is C19H24Cl2FN3O2. The van der Waals surface area contributed by atoms with Gasteiger partial charge in [0.1, 0.15) is 5.82 Å². The number of nitrogens with zero attached hydrogens (tertiary/aromatic N) is 2. The van der Waals surface area contributed by atoms with Crippen molar-refractivity contribution in [3.8, 4) is 0 Å². The zero-order valence-corrected chi connectivity index (χ0v) is 16.5. The molecule has 2 saturated carbocycles. The van der Waals surface area contributed by atoms with Crippen LogP contribution in [0.25, 0.3) is 0 Å². The number of hydrogen-bond donors (Lipinski definition) is 1. The van der Waals surface area contributed by atoms with Crippen molar-refractivity contribution in [2.75, 3.05) is 26.2 Å². The Balaban J connectivity index is 0.00000210. The zero-order chi connectivity index (χ0) is 18.4. The molecule has 1 aromatic rings. The summed E-state index contributed by atoms with van der Waals surface area (Å²) in [5.41, 5.74) is 6.19. The number of hydrogen-bond acceptors (Lipinski definition) is 3. The number of fused-ring (bicyclic) bond motifs is 2. The molecule has 8 heteroatoms. The third kappa shape index (κ3) is 3.55. The number of rotatable bonds is 2. The number of amides is 2. The van der Waals surface area contributed by atoms with Crippen LogP contribution in [0, 0.1) is 23.6 Å². The van der Waals surface area contributed by atoms with Gasteiger partial charge in [0.2, 0.25) is 5.91 Å². The van der Waals surface area contributed by atoms with Gasteiger partial charge in [-0.2, -0.15) is 0 Å². The van der Waals surface area contributed by atoms with Crippen molar-refractivity contribution in [2.45, 2.75) is 25.3 Å². The van der Waals surface area contributed by atoms with Crippen LogP contribution >= 0.6 is 24.0 Å². The first kappa shape index (κ1) is 20.4. The van der Waals surface area contributed by atoms with Gasteiger partial charge >= 0.3 is 0 Å². The van der Waals surface area contributed by atoms with E-state index in [9.17, 15) is 14.0 Å². The van der Waals surface area contributed by atoms with Gasteiger partial charge in [-0.05, 0) is 43.2 Å². The number of carbonyl (C=O) groups is 2. The molecule has 1 saturated heterocycles. The minimum absolute atomic E-state index is 0. The van der Waals surface area contributed by atoms with E-state index in [2.05, 4.69) is 0 Å². The first-order chi connectivity index (χ1) is 12.5. The molecule has 2 aliphatic carbocycles. The van der Waals surface area contributed by atoms with Gasteiger partial charge in [-0.3, -0.25) is 9.59 Å². The molecule has 0 aromatic heterocycles. The van der Waals surface area contributed by atoms with Crippen molar-refractivity contribution >= 4 is 35.8 Å². The van der Waals surface area contributed by atoms with E-state index >= 15 is 0 Å². The number of benzene rings is 1. The lowest BCUT2D eigenvalue weighted by Gasteiger charge is -2.38. The summed E-state index contributed by atoms with van der Waals surface area (Å²) in [5, 5.41) is 0.112. The summed E-state index contributed by atoms with van der Waals surface area (Å²) in [6, 6.07) is 4.19. The fourth-order valence-corrected chi connectivity index (χ4v) is 5.15. The molecule has 0 radical (unpaired) electrons. The van der Waals surface area contributed by atoms with E-state index in [0.717, 1.165) is 19.3 Å². The second-order valence-corrected chi connectivity index (χ2v) is 8.06. The fraction of sp³-hybridized carbons (Fsp3) is 0.579. The maximum atomic E-state index is 14.0. The van der Waals surface area contributed by atoms with Crippen molar-refractivity contribution in [2.24, 2.45) is 23.5 Å². The summed E-state index contributed by atoms with van der Waals surface area (Å²) < 4.78 is 14.0. The zero-order valence-electron chi connectivity index (χ0n) is 14.9. The summed E-state index contributed by atoms with van der Waals surface area (Å²) >= 11 is 6.00. The molecule has 4 rings (SSSR count). The summed E-state index contributed by atoms with van der Waals surface area (Å²) in [4.78, 5) is 28.9. The Kier molecular flexibility index (Phi) is 5.99. The van der Waals surface area contributed by atoms with Crippen LogP contribution < -0.4 is 5.73 Å². The molecule has 4 atom stereocenters. The highest BCUT2D eigenvalue weighted by Crippen LogP contribution is 2.48. The van der Waals surface area contributed by atoms with Crippen LogP contribution in [0.1, 0.15) is 29.6 Å². The second-order valence-electron chi connectivity index (χ2n) is 7.65. The molecule has 3 fully saturated rings. The van der Waals surface area contributed by atoms with Crippen molar-refractivity contribution < 1.29 is 14.0 Å². The smallest absolute Gasteiger partial charge is 0.258 e. The van der Waals surface area contributed by atoms with E-state index in [1.54, 1.807) is 4.90 Å². The molecule has 0 spiro atoms. The third-order valence-electron chi connectivity index (χ3n) is 6.32. The molecule has 2 N–H and O–H groups in total. The number of piperazine rings is 1. The summed E-state index contributed by atoms with van der Waals surface area (Å²) in [6.07, 6.45) is 3.31. The van der Waals surface area contributed by atoms with E-state index in [-0.39, 0.29) is 40.9 Å². The van der Waals surface area contributed by atoms with Crippen molar-refractivity contribution in [1.82, 2.24) is 9.80 Å². The standard InChI is InChI=1S/C19H23ClFN3O2.ClH/c20-13-2-1-3-14(21)16(13)19(26)24-8-6-23(7-9-24)18(25)15-11-4-5-12(10-11)17(15)22;/h1-3,11-12,15,17H,4-10,22H2;1H. The van der Waals surface area contributed by atoms with Crippen LogP contribution in [-0.2, 0) is 4.79 Å². The minimum atomic E-state index is -0.617. The number of halogens is 3. The van der Waals surface area contributed by atoms with E-state index in [1.807, 2.05) is 4.90 Å². The lowest BCUT2D eigenvalue weighted by atomic mass is 9.84. The van der Waals surface area contributed by atoms with Crippen LogP contribution in [-0.4, -0.2) is 53.8 Å². The molecule has 27 heavy (non-hydrogen) atoms. The highest BCUT2D eigenvalue weighted by Gasteiger charge is 2.50. The van der Waals surface area contributed by atoms with Crippen molar-refractivity contribution in [1.29, 1.82) is 0 Å². The molecule has 4 unspecified atom stereocenters. The van der Waals surface area contributed by atoms with E-state index in [0.29, 0.717) is 38.0 Å². The predicted octanol–water partition coefficient (Wildman–Crippen LogP) is 2.56. The van der Waals surface area contributed by atoms with Crippen LogP contribution in [0.15, 0.2) is 18.2 Å². The molecule has 2 amide bonds. The number of nitrogens with two attached hydrogens (primary N) is 1. The second kappa shape index (κ2) is 7.94. The van der Waals surface area contributed by atoms with Gasteiger partial charge in [0, 0.05) is 32.2 Å². The normalized spacial score (nSPS) is 29.6. The van der Waals surface area contributed by atoms with Gasteiger partial charge in [0.25, 0.3) is 5.91 Å². The quantitative estimate of drug-likeness (QED) is 0.806. The Morgan fingerprint density at radius 2 is 1.70 bits per heavy atom. The third-order valence-corrected chi connectivity index (χ3v) is 6.64. The van der Waals surface area contributed by atoms with Crippen LogP contribution in [0.2, 0.25) is 5.02 Å². The first-order valence-electron chi connectivity index (χ1n) is 9.25. The van der Waals surface area contributed by atoms with E-state index < -0.39 is 11.7 Å². The Morgan fingerprint density at radius 3 is 2.30 bits per heavy atom. The largest absolute Gasteiger partial charge is 0.339 e. The lowest BCUT2D eigenvalue weighted by molar-refractivity contribution is -0.139. The molecule has 3 aliphatic rings. The lowest BCUT2D eigenvalue weighted by Crippen LogP contribution is -2.54. The molecule has 148 valence electrons. The summed E-state index contributed by atoms with van der Waals surface area (Å²) in [7, 11) is 0. The van der Waals surface area contributed by atoms with Crippen LogP contribution in [0.3, 0.4) is 0 Å². The predicted molar refractivity (Wildman–Crippen MR) is 103 cm³/mol. The van der Waals surface area contributed by atoms with Crippen LogP contribution in [0.5, 0.6) is 0 Å². The summed E-state index contributed by atoms with van der Waals surface area (Å²) in [6.45, 7) is 1.67. The molecule has 1 aliphatic heterocycles. The SMILES string of the molecule is Cl.NC1C2CCC(C2)C1C(=O)N1CCN(C(=O)c2c(F)cccc2Cl)CC1. The molecule has 1 aromatic carbocycles. The van der Waals surface area contributed by atoms with Gasteiger partial charge in [0.05, 0.1) is 16.5 Å². The van der Waals surface area contributed by atoms with Crippen molar-refractivity contribution in [3.63, 3.8) is 0 Å². The average Bonchev–Trinajstić information content (AvgIpc) is 3.22. The topological polar surface area (TPSA) is 66.6 Å². The number of carbonyl (C=O) groups excluding carboxylic acids is 2. The van der Waals surface area contributed by atoms with Gasteiger partial charge < -0.3 is 15.5 Å². The minimum Gasteiger partial charge on any atom is -0.339 e. The maximum Gasteiger partial charge on any atom is 0.258 e. The van der Waals surface area contributed by atoms with Gasteiger partial charge in [-0.15, -0.1) is 12.4 Å². The molecule has 2 bridgehead atoms. The highest BCUT2D eigenvalue weighted by atomic mass is 35.5. The van der Waals surface area contributed by atoms with Gasteiger partial charge in [-0.25, -0.2) is 4.39 Å². The van der Waals surface area contributed by atoms with Gasteiger partial charge in [0.15, 0.2) is 0 Å². The van der Waals surface area contributed by atoms with Crippen LogP contribution in [0.4, 0.5) is 4.39 Å². The maximum absolute atomic E-state index is 14.0. The fourth-order valence-electron chi connectivity index (χ4n) is 4.90. The summed E-state index contributed by atoms with van der Waals surface area (Å²) in [5.74, 6) is -0.0806. The Hall–Kier alpha value is -1.37. The Bertz CT molecular complexity index is 717. The Labute approximate surface area is 169 Å². The molecular weight excluding hydrogens is 392 g/mol. The highest BCUT2D eigenvalue weighted by molar-refractivity contribution is 6.33. The van der Waals surface area contributed by atoms with Gasteiger partial charge in [-0.1, -0.05) is 17.7 Å². The van der Waals surface area contributed by atoms with E-state index in [1.165, 1.54) is 18.2 Å². The first-order valence-corrected chi connectivity index (χ1v) is 9.63. The Morgan fingerprint density at radius 1 is 1.07 bits per heavy atom. The molecule has 5 nitrogen and oxygen atoms in total. The van der Waals surface area contributed by atoms with Crippen molar-refractivity contribution in [3.05, 3.63) is 34.6 Å². The van der Waals surface area contributed by atoms with E-state index in [4.69, 9.17) is 17.3 Å². The monoisotopic (exact) mass is 415 g/mol.